The van der Waals surface area contributed by atoms with Gasteiger partial charge in [0.1, 0.15) is 0 Å². The molecule has 6 heteroatoms. The molecule has 0 atom stereocenters. The Balaban J connectivity index is 2.57. The summed E-state index contributed by atoms with van der Waals surface area (Å²) in [6, 6.07) is 0. The third-order valence-electron chi connectivity index (χ3n) is 2.43. The predicted octanol–water partition coefficient (Wildman–Crippen LogP) is 0.464. The molecule has 2 rings (SSSR count). The Hall–Kier alpha value is -1.72. The first-order valence-corrected chi connectivity index (χ1v) is 5.03. The zero-order valence-electron chi connectivity index (χ0n) is 8.82. The molecule has 80 valence electrons. The van der Waals surface area contributed by atoms with E-state index >= 15 is 0 Å². The molecule has 0 saturated carbocycles. The zero-order valence-corrected chi connectivity index (χ0v) is 8.82. The number of aromatic nitrogens is 5. The number of H-pyrrole nitrogens is 1. The SMILES string of the molecule is CCCCc1c(C)nc2nn[nH]n2c1=O. The van der Waals surface area contributed by atoms with Crippen molar-refractivity contribution in [3.63, 3.8) is 0 Å². The van der Waals surface area contributed by atoms with Gasteiger partial charge in [-0.3, -0.25) is 4.79 Å². The van der Waals surface area contributed by atoms with Gasteiger partial charge in [0.15, 0.2) is 0 Å². The molecule has 2 aromatic heterocycles. The molecule has 0 unspecified atom stereocenters. The lowest BCUT2D eigenvalue weighted by Gasteiger charge is -2.02. The molecular formula is C9H13N5O. The summed E-state index contributed by atoms with van der Waals surface area (Å²) in [4.78, 5) is 16.1. The van der Waals surface area contributed by atoms with Gasteiger partial charge in [-0.05, 0) is 25.0 Å². The number of hydrogen-bond acceptors (Lipinski definition) is 4. The summed E-state index contributed by atoms with van der Waals surface area (Å²) < 4.78 is 1.28. The number of rotatable bonds is 3. The van der Waals surface area contributed by atoms with Crippen LogP contribution in [0, 0.1) is 6.92 Å². The van der Waals surface area contributed by atoms with Crippen molar-refractivity contribution < 1.29 is 0 Å². The second kappa shape index (κ2) is 3.80. The largest absolute Gasteiger partial charge is 0.278 e. The van der Waals surface area contributed by atoms with Crippen LogP contribution in [-0.2, 0) is 6.42 Å². The van der Waals surface area contributed by atoms with Gasteiger partial charge in [-0.2, -0.15) is 9.73 Å². The van der Waals surface area contributed by atoms with E-state index in [-0.39, 0.29) is 5.56 Å². The molecular weight excluding hydrogens is 194 g/mol. The summed E-state index contributed by atoms with van der Waals surface area (Å²) in [5.41, 5.74) is 1.42. The first-order valence-electron chi connectivity index (χ1n) is 5.03. The van der Waals surface area contributed by atoms with E-state index in [0.29, 0.717) is 5.78 Å². The average Bonchev–Trinajstić information content (AvgIpc) is 2.65. The highest BCUT2D eigenvalue weighted by Crippen LogP contribution is 2.04. The first-order chi connectivity index (χ1) is 7.24. The molecule has 1 N–H and O–H groups in total. The second-order valence-corrected chi connectivity index (χ2v) is 3.52. The van der Waals surface area contributed by atoms with Crippen molar-refractivity contribution >= 4 is 5.78 Å². The Bertz CT molecular complexity index is 527. The fourth-order valence-corrected chi connectivity index (χ4v) is 1.56. The van der Waals surface area contributed by atoms with Gasteiger partial charge in [-0.15, -0.1) is 0 Å². The summed E-state index contributed by atoms with van der Waals surface area (Å²) in [7, 11) is 0. The van der Waals surface area contributed by atoms with Crippen molar-refractivity contribution in [1.82, 2.24) is 25.0 Å². The number of nitrogens with one attached hydrogen (secondary N) is 1. The van der Waals surface area contributed by atoms with E-state index < -0.39 is 0 Å². The van der Waals surface area contributed by atoms with E-state index in [1.54, 1.807) is 0 Å². The molecule has 0 aliphatic heterocycles. The molecule has 2 heterocycles. The molecule has 0 spiro atoms. The van der Waals surface area contributed by atoms with Crippen LogP contribution in [0.4, 0.5) is 0 Å². The molecule has 0 amide bonds. The fourth-order valence-electron chi connectivity index (χ4n) is 1.56. The Morgan fingerprint density at radius 1 is 1.47 bits per heavy atom. The molecule has 15 heavy (non-hydrogen) atoms. The number of aryl methyl sites for hydroxylation is 1. The smallest absolute Gasteiger partial charge is 0.267 e. The van der Waals surface area contributed by atoms with E-state index in [1.807, 2.05) is 6.92 Å². The van der Waals surface area contributed by atoms with Crippen LogP contribution in [0.5, 0.6) is 0 Å². The van der Waals surface area contributed by atoms with E-state index in [2.05, 4.69) is 27.4 Å². The van der Waals surface area contributed by atoms with Crippen molar-refractivity contribution in [3.05, 3.63) is 21.6 Å². The molecule has 2 aromatic rings. The number of aromatic amines is 1. The van der Waals surface area contributed by atoms with E-state index in [9.17, 15) is 4.79 Å². The van der Waals surface area contributed by atoms with E-state index in [4.69, 9.17) is 0 Å². The van der Waals surface area contributed by atoms with E-state index in [0.717, 1.165) is 30.5 Å². The Morgan fingerprint density at radius 2 is 2.27 bits per heavy atom. The van der Waals surface area contributed by atoms with E-state index in [1.165, 1.54) is 4.52 Å². The Kier molecular flexibility index (Phi) is 2.49. The summed E-state index contributed by atoms with van der Waals surface area (Å²) in [6.07, 6.45) is 2.81. The highest BCUT2D eigenvalue weighted by atomic mass is 16.1. The molecule has 0 saturated heterocycles. The van der Waals surface area contributed by atoms with Crippen LogP contribution in [0.15, 0.2) is 4.79 Å². The lowest BCUT2D eigenvalue weighted by Crippen LogP contribution is -2.22. The minimum Gasteiger partial charge on any atom is -0.267 e. The summed E-state index contributed by atoms with van der Waals surface area (Å²) in [5.74, 6) is 0.331. The number of unbranched alkanes of at least 4 members (excludes halogenated alkanes) is 1. The van der Waals surface area contributed by atoms with Crippen LogP contribution in [0.25, 0.3) is 5.78 Å². The van der Waals surface area contributed by atoms with Crippen LogP contribution in [0.3, 0.4) is 0 Å². The highest BCUT2D eigenvalue weighted by Gasteiger charge is 2.10. The monoisotopic (exact) mass is 207 g/mol. The van der Waals surface area contributed by atoms with Crippen molar-refractivity contribution in [2.45, 2.75) is 33.1 Å². The minimum absolute atomic E-state index is 0.0871. The molecule has 0 aliphatic rings. The maximum Gasteiger partial charge on any atom is 0.278 e. The highest BCUT2D eigenvalue weighted by molar-refractivity contribution is 5.29. The van der Waals surface area contributed by atoms with Gasteiger partial charge in [0.05, 0.1) is 5.69 Å². The van der Waals surface area contributed by atoms with Crippen LogP contribution < -0.4 is 5.56 Å². The topological polar surface area (TPSA) is 75.9 Å². The van der Waals surface area contributed by atoms with Crippen LogP contribution >= 0.6 is 0 Å². The number of tetrazole rings is 1. The standard InChI is InChI=1S/C9H13N5O/c1-3-4-5-7-6(2)10-9-11-12-13-14(9)8(7)15/h3-5H2,1-2H3,(H,10,11,13). The fraction of sp³-hybridized carbons (Fsp3) is 0.556. The summed E-state index contributed by atoms with van der Waals surface area (Å²) in [6.45, 7) is 3.93. The van der Waals surface area contributed by atoms with Gasteiger partial charge in [0.2, 0.25) is 0 Å². The van der Waals surface area contributed by atoms with Crippen molar-refractivity contribution in [3.8, 4) is 0 Å². The summed E-state index contributed by atoms with van der Waals surface area (Å²) >= 11 is 0. The number of hydrogen-bond donors (Lipinski definition) is 1. The third-order valence-corrected chi connectivity index (χ3v) is 2.43. The first kappa shape index (κ1) is 9.82. The van der Waals surface area contributed by atoms with Crippen molar-refractivity contribution in [2.75, 3.05) is 0 Å². The Morgan fingerprint density at radius 3 is 3.00 bits per heavy atom. The van der Waals surface area contributed by atoms with Gasteiger partial charge >= 0.3 is 0 Å². The van der Waals surface area contributed by atoms with Gasteiger partial charge in [-0.1, -0.05) is 18.4 Å². The normalized spacial score (nSPS) is 11.1. The van der Waals surface area contributed by atoms with Gasteiger partial charge < -0.3 is 0 Å². The predicted molar refractivity (Wildman–Crippen MR) is 54.8 cm³/mol. The third kappa shape index (κ3) is 1.62. The Labute approximate surface area is 86.3 Å². The maximum absolute atomic E-state index is 11.9. The van der Waals surface area contributed by atoms with Crippen LogP contribution in [0.2, 0.25) is 0 Å². The molecule has 0 aromatic carbocycles. The second-order valence-electron chi connectivity index (χ2n) is 3.52. The molecule has 0 radical (unpaired) electrons. The molecule has 0 bridgehead atoms. The lowest BCUT2D eigenvalue weighted by atomic mass is 10.1. The number of nitrogens with zero attached hydrogens (tertiary/aromatic N) is 4. The molecule has 6 nitrogen and oxygen atoms in total. The minimum atomic E-state index is -0.0871. The van der Waals surface area contributed by atoms with Gasteiger partial charge in [-0.25, -0.2) is 4.98 Å². The molecule has 0 aliphatic carbocycles. The lowest BCUT2D eigenvalue weighted by molar-refractivity contribution is 0.744. The van der Waals surface area contributed by atoms with Crippen LogP contribution in [0.1, 0.15) is 31.0 Å². The van der Waals surface area contributed by atoms with Crippen molar-refractivity contribution in [1.29, 1.82) is 0 Å². The zero-order chi connectivity index (χ0) is 10.8. The quantitative estimate of drug-likeness (QED) is 0.793. The average molecular weight is 207 g/mol. The van der Waals surface area contributed by atoms with Crippen molar-refractivity contribution in [2.24, 2.45) is 0 Å². The van der Waals surface area contributed by atoms with Gasteiger partial charge in [0.25, 0.3) is 11.3 Å². The maximum atomic E-state index is 11.9. The number of fused-ring (bicyclic) bond motifs is 1. The molecule has 0 fully saturated rings. The van der Waals surface area contributed by atoms with Crippen LogP contribution in [-0.4, -0.2) is 25.0 Å². The summed E-state index contributed by atoms with van der Waals surface area (Å²) in [5, 5.41) is 9.77. The van der Waals surface area contributed by atoms with Gasteiger partial charge in [0, 0.05) is 5.56 Å².